The SMILES string of the molecule is C=C=CCN(C/C=C/CN)CCCNC(C)=O. The largest absolute Gasteiger partial charge is 0.356 e. The lowest BCUT2D eigenvalue weighted by Crippen LogP contribution is -2.29. The quantitative estimate of drug-likeness (QED) is 0.352. The van der Waals surface area contributed by atoms with Gasteiger partial charge in [0.15, 0.2) is 0 Å². The van der Waals surface area contributed by atoms with Crippen molar-refractivity contribution >= 4 is 5.91 Å². The number of carbonyl (C=O) groups is 1. The summed E-state index contributed by atoms with van der Waals surface area (Å²) in [5.74, 6) is 0.0190. The average Bonchev–Trinajstić information content (AvgIpc) is 2.30. The van der Waals surface area contributed by atoms with E-state index < -0.39 is 0 Å². The minimum absolute atomic E-state index is 0.0190. The van der Waals surface area contributed by atoms with Gasteiger partial charge in [-0.25, -0.2) is 0 Å². The highest BCUT2D eigenvalue weighted by Crippen LogP contribution is 1.92. The van der Waals surface area contributed by atoms with E-state index in [1.54, 1.807) is 0 Å². The zero-order valence-electron chi connectivity index (χ0n) is 10.6. The Kier molecular flexibility index (Phi) is 10.3. The van der Waals surface area contributed by atoms with Crippen LogP contribution in [0.15, 0.2) is 30.5 Å². The third kappa shape index (κ3) is 10.9. The van der Waals surface area contributed by atoms with Crippen molar-refractivity contribution in [1.29, 1.82) is 0 Å². The first-order valence-corrected chi connectivity index (χ1v) is 5.86. The standard InChI is InChI=1S/C13H23N3O/c1-3-4-10-16(11-6-5-8-14)12-7-9-15-13(2)17/h4-6H,1,7-12,14H2,2H3,(H,15,17)/b6-5+. The van der Waals surface area contributed by atoms with Gasteiger partial charge in [-0.3, -0.25) is 9.69 Å². The first kappa shape index (κ1) is 15.7. The number of rotatable bonds is 9. The van der Waals surface area contributed by atoms with Crippen LogP contribution in [0.4, 0.5) is 0 Å². The van der Waals surface area contributed by atoms with Gasteiger partial charge in [-0.15, -0.1) is 5.73 Å². The molecule has 96 valence electrons. The van der Waals surface area contributed by atoms with E-state index in [0.717, 1.165) is 26.1 Å². The first-order valence-electron chi connectivity index (χ1n) is 5.86. The highest BCUT2D eigenvalue weighted by molar-refractivity contribution is 5.72. The van der Waals surface area contributed by atoms with Crippen LogP contribution in [0.5, 0.6) is 0 Å². The molecule has 3 N–H and O–H groups in total. The van der Waals surface area contributed by atoms with Crippen LogP contribution in [0.3, 0.4) is 0 Å². The molecule has 0 bridgehead atoms. The number of nitrogens with one attached hydrogen (secondary N) is 1. The second-order valence-electron chi connectivity index (χ2n) is 3.71. The Morgan fingerprint density at radius 1 is 1.47 bits per heavy atom. The minimum Gasteiger partial charge on any atom is -0.356 e. The molecule has 0 aliphatic heterocycles. The summed E-state index contributed by atoms with van der Waals surface area (Å²) in [4.78, 5) is 12.9. The predicted octanol–water partition coefficient (Wildman–Crippen LogP) is 0.671. The lowest BCUT2D eigenvalue weighted by atomic mass is 10.3. The molecule has 4 nitrogen and oxygen atoms in total. The second-order valence-corrected chi connectivity index (χ2v) is 3.71. The fourth-order valence-electron chi connectivity index (χ4n) is 1.34. The molecule has 0 fully saturated rings. The topological polar surface area (TPSA) is 58.4 Å². The molecule has 0 aromatic carbocycles. The number of hydrogen-bond donors (Lipinski definition) is 2. The summed E-state index contributed by atoms with van der Waals surface area (Å²) >= 11 is 0. The summed E-state index contributed by atoms with van der Waals surface area (Å²) in [6.07, 6.45) is 6.82. The van der Waals surface area contributed by atoms with E-state index in [2.05, 4.69) is 28.6 Å². The van der Waals surface area contributed by atoms with Crippen molar-refractivity contribution in [3.63, 3.8) is 0 Å². The summed E-state index contributed by atoms with van der Waals surface area (Å²) in [5, 5.41) is 2.78. The van der Waals surface area contributed by atoms with Crippen LogP contribution in [-0.4, -0.2) is 43.5 Å². The monoisotopic (exact) mass is 237 g/mol. The van der Waals surface area contributed by atoms with E-state index in [1.807, 2.05) is 12.2 Å². The molecule has 0 aliphatic rings. The van der Waals surface area contributed by atoms with E-state index in [-0.39, 0.29) is 5.91 Å². The number of hydrogen-bond acceptors (Lipinski definition) is 3. The Labute approximate surface area is 104 Å². The van der Waals surface area contributed by atoms with Crippen LogP contribution >= 0.6 is 0 Å². The molecule has 17 heavy (non-hydrogen) atoms. The van der Waals surface area contributed by atoms with Crippen molar-refractivity contribution in [3.8, 4) is 0 Å². The molecule has 0 aromatic rings. The van der Waals surface area contributed by atoms with Gasteiger partial charge in [-0.1, -0.05) is 18.7 Å². The Bertz CT molecular complexity index is 280. The molecule has 0 saturated carbocycles. The molecule has 0 saturated heterocycles. The summed E-state index contributed by atoms with van der Waals surface area (Å²) in [5.41, 5.74) is 8.15. The summed E-state index contributed by atoms with van der Waals surface area (Å²) in [6, 6.07) is 0. The van der Waals surface area contributed by atoms with Gasteiger partial charge in [0, 0.05) is 39.6 Å². The third-order valence-corrected chi connectivity index (χ3v) is 2.19. The number of nitrogens with two attached hydrogens (primary N) is 1. The molecule has 0 heterocycles. The van der Waals surface area contributed by atoms with E-state index in [1.165, 1.54) is 6.92 Å². The molecule has 0 radical (unpaired) electrons. The van der Waals surface area contributed by atoms with Crippen LogP contribution in [0.25, 0.3) is 0 Å². The van der Waals surface area contributed by atoms with Gasteiger partial charge in [0.25, 0.3) is 0 Å². The Morgan fingerprint density at radius 3 is 2.82 bits per heavy atom. The number of carbonyl (C=O) groups excluding carboxylic acids is 1. The molecule has 0 atom stereocenters. The van der Waals surface area contributed by atoms with E-state index in [4.69, 9.17) is 5.73 Å². The molecule has 0 aliphatic carbocycles. The average molecular weight is 237 g/mol. The maximum Gasteiger partial charge on any atom is 0.216 e. The van der Waals surface area contributed by atoms with Gasteiger partial charge in [0.2, 0.25) is 5.91 Å². The maximum atomic E-state index is 10.7. The lowest BCUT2D eigenvalue weighted by Gasteiger charge is -2.18. The van der Waals surface area contributed by atoms with Gasteiger partial charge in [0.05, 0.1) is 0 Å². The highest BCUT2D eigenvalue weighted by atomic mass is 16.1. The van der Waals surface area contributed by atoms with Crippen LogP contribution in [-0.2, 0) is 4.79 Å². The number of amides is 1. The molecule has 0 unspecified atom stereocenters. The summed E-state index contributed by atoms with van der Waals surface area (Å²) < 4.78 is 0. The van der Waals surface area contributed by atoms with Crippen molar-refractivity contribution in [2.45, 2.75) is 13.3 Å². The normalized spacial score (nSPS) is 10.5. The van der Waals surface area contributed by atoms with Gasteiger partial charge >= 0.3 is 0 Å². The van der Waals surface area contributed by atoms with Crippen LogP contribution < -0.4 is 11.1 Å². The van der Waals surface area contributed by atoms with Crippen LogP contribution in [0.2, 0.25) is 0 Å². The molecule has 0 rings (SSSR count). The van der Waals surface area contributed by atoms with Crippen molar-refractivity contribution in [3.05, 3.63) is 30.5 Å². The van der Waals surface area contributed by atoms with Crippen molar-refractivity contribution in [2.24, 2.45) is 5.73 Å². The van der Waals surface area contributed by atoms with Crippen LogP contribution in [0.1, 0.15) is 13.3 Å². The first-order chi connectivity index (χ1) is 8.20. The zero-order valence-corrected chi connectivity index (χ0v) is 10.6. The third-order valence-electron chi connectivity index (χ3n) is 2.19. The van der Waals surface area contributed by atoms with Crippen molar-refractivity contribution < 1.29 is 4.79 Å². The van der Waals surface area contributed by atoms with Crippen LogP contribution in [0, 0.1) is 0 Å². The van der Waals surface area contributed by atoms with E-state index in [9.17, 15) is 4.79 Å². The molecule has 1 amide bonds. The van der Waals surface area contributed by atoms with E-state index >= 15 is 0 Å². The maximum absolute atomic E-state index is 10.7. The molecular weight excluding hydrogens is 214 g/mol. The molecule has 0 spiro atoms. The second kappa shape index (κ2) is 11.1. The minimum atomic E-state index is 0.0190. The van der Waals surface area contributed by atoms with Crippen molar-refractivity contribution in [1.82, 2.24) is 10.2 Å². The zero-order chi connectivity index (χ0) is 12.9. The summed E-state index contributed by atoms with van der Waals surface area (Å²) in [6.45, 7) is 8.95. The Balaban J connectivity index is 3.87. The lowest BCUT2D eigenvalue weighted by molar-refractivity contribution is -0.118. The highest BCUT2D eigenvalue weighted by Gasteiger charge is 2.00. The Hall–Kier alpha value is -1.35. The molecule has 0 aromatic heterocycles. The smallest absolute Gasteiger partial charge is 0.216 e. The van der Waals surface area contributed by atoms with Gasteiger partial charge in [-0.05, 0) is 12.5 Å². The summed E-state index contributed by atoms with van der Waals surface area (Å²) in [7, 11) is 0. The number of nitrogens with zero attached hydrogens (tertiary/aromatic N) is 1. The van der Waals surface area contributed by atoms with Gasteiger partial charge < -0.3 is 11.1 Å². The fourth-order valence-corrected chi connectivity index (χ4v) is 1.34. The Morgan fingerprint density at radius 2 is 2.24 bits per heavy atom. The van der Waals surface area contributed by atoms with E-state index in [0.29, 0.717) is 13.1 Å². The van der Waals surface area contributed by atoms with Gasteiger partial charge in [0.1, 0.15) is 0 Å². The molecule has 4 heteroatoms. The molecular formula is C13H23N3O. The predicted molar refractivity (Wildman–Crippen MR) is 71.6 cm³/mol. The van der Waals surface area contributed by atoms with Crippen molar-refractivity contribution in [2.75, 3.05) is 32.7 Å². The van der Waals surface area contributed by atoms with Gasteiger partial charge in [-0.2, -0.15) is 0 Å². The fraction of sp³-hybridized carbons (Fsp3) is 0.538.